The van der Waals surface area contributed by atoms with Gasteiger partial charge in [0.1, 0.15) is 6.04 Å². The molecule has 6 heteroatoms. The van der Waals surface area contributed by atoms with E-state index in [4.69, 9.17) is 0 Å². The van der Waals surface area contributed by atoms with E-state index in [1.165, 1.54) is 4.90 Å². The largest absolute Gasteiger partial charge is 0.325 e. The van der Waals surface area contributed by atoms with Crippen LogP contribution in [0.4, 0.5) is 10.5 Å². The molecule has 0 saturated carbocycles. The van der Waals surface area contributed by atoms with Crippen LogP contribution in [-0.4, -0.2) is 27.3 Å². The van der Waals surface area contributed by atoms with Gasteiger partial charge in [-0.25, -0.2) is 0 Å². The molecule has 1 aromatic carbocycles. The van der Waals surface area contributed by atoms with Crippen molar-refractivity contribution in [1.82, 2.24) is 4.90 Å². The van der Waals surface area contributed by atoms with Gasteiger partial charge >= 0.3 is 0 Å². The summed E-state index contributed by atoms with van der Waals surface area (Å²) < 4.78 is -0.196. The number of halogens is 1. The highest BCUT2D eigenvalue weighted by Gasteiger charge is 2.55. The zero-order valence-corrected chi connectivity index (χ0v) is 12.0. The molecule has 1 aromatic rings. The molecule has 1 fully saturated rings. The summed E-state index contributed by atoms with van der Waals surface area (Å²) in [5.41, 5.74) is 0.907. The zero-order chi connectivity index (χ0) is 13.6. The summed E-state index contributed by atoms with van der Waals surface area (Å²) in [5, 5.41) is 12.0. The van der Waals surface area contributed by atoms with E-state index in [1.54, 1.807) is 22.6 Å². The van der Waals surface area contributed by atoms with Gasteiger partial charge in [-0.05, 0) is 11.6 Å². The lowest BCUT2D eigenvalue weighted by molar-refractivity contribution is -0.120. The molecular weight excluding hydrogens is 357 g/mol. The molecule has 1 spiro atoms. The fourth-order valence-corrected chi connectivity index (χ4v) is 3.45. The third-order valence-corrected chi connectivity index (χ3v) is 4.48. The average Bonchev–Trinajstić information content (AvgIpc) is 2.91. The van der Waals surface area contributed by atoms with E-state index in [9.17, 15) is 14.9 Å². The van der Waals surface area contributed by atoms with Gasteiger partial charge in [-0.15, -0.1) is 0 Å². The van der Waals surface area contributed by atoms with E-state index in [0.717, 1.165) is 11.3 Å². The number of hydrogen-bond acceptors (Lipinski definition) is 3. The summed E-state index contributed by atoms with van der Waals surface area (Å²) in [6, 6.07) is 9.04. The number of benzene rings is 1. The number of para-hydroxylation sites is 1. The third-order valence-electron chi connectivity index (χ3n) is 3.86. The number of anilines is 1. The van der Waals surface area contributed by atoms with Gasteiger partial charge in [0.25, 0.3) is 3.91 Å². The van der Waals surface area contributed by atoms with Crippen molar-refractivity contribution < 1.29 is 9.59 Å². The molecular formula is C13H10IN3O2. The number of rotatable bonds is 0. The first-order valence-electron chi connectivity index (χ1n) is 5.85. The number of likely N-dealkylation sites (tertiary alicyclic amines) is 1. The Morgan fingerprint density at radius 1 is 1.53 bits per heavy atom. The van der Waals surface area contributed by atoms with Crippen LogP contribution in [0, 0.1) is 11.3 Å². The van der Waals surface area contributed by atoms with Gasteiger partial charge < -0.3 is 10.2 Å². The normalized spacial score (nSPS) is 28.1. The maximum Gasteiger partial charge on any atom is 0.284 e. The second-order valence-corrected chi connectivity index (χ2v) is 5.73. The minimum absolute atomic E-state index is 0.117. The summed E-state index contributed by atoms with van der Waals surface area (Å²) in [5.74, 6) is -0.117. The van der Waals surface area contributed by atoms with Crippen LogP contribution in [-0.2, 0) is 10.2 Å². The maximum absolute atomic E-state index is 12.3. The Morgan fingerprint density at radius 2 is 2.26 bits per heavy atom. The van der Waals surface area contributed by atoms with Crippen LogP contribution in [0.25, 0.3) is 0 Å². The number of carbonyl (C=O) groups excluding carboxylic acids is 2. The highest BCUT2D eigenvalue weighted by molar-refractivity contribution is 14.1. The third kappa shape index (κ3) is 1.64. The van der Waals surface area contributed by atoms with Crippen molar-refractivity contribution in [2.24, 2.45) is 0 Å². The summed E-state index contributed by atoms with van der Waals surface area (Å²) in [6.07, 6.45) is 0.362. The highest BCUT2D eigenvalue weighted by Crippen LogP contribution is 2.46. The van der Waals surface area contributed by atoms with Crippen molar-refractivity contribution in [3.63, 3.8) is 0 Å². The van der Waals surface area contributed by atoms with Gasteiger partial charge in [0.15, 0.2) is 0 Å². The topological polar surface area (TPSA) is 73.2 Å². The van der Waals surface area contributed by atoms with Gasteiger partial charge in [-0.3, -0.25) is 9.59 Å². The first-order valence-corrected chi connectivity index (χ1v) is 6.93. The molecule has 96 valence electrons. The lowest BCUT2D eigenvalue weighted by Crippen LogP contribution is -2.38. The summed E-state index contributed by atoms with van der Waals surface area (Å²) in [7, 11) is 0. The van der Waals surface area contributed by atoms with Crippen molar-refractivity contribution in [3.05, 3.63) is 29.8 Å². The van der Waals surface area contributed by atoms with Gasteiger partial charge in [-0.2, -0.15) is 5.26 Å². The first-order chi connectivity index (χ1) is 9.08. The molecule has 2 aliphatic heterocycles. The standard InChI is InChI=1S/C13H10IN3O2/c14-12(19)17-7-13(5-8(17)6-15)9-3-1-2-4-10(9)16-11(13)18/h1-4,8H,5,7H2,(H,16,18)/t8-,13-/m0/s1. The van der Waals surface area contributed by atoms with E-state index < -0.39 is 11.5 Å². The van der Waals surface area contributed by atoms with Gasteiger partial charge in [0.2, 0.25) is 5.91 Å². The van der Waals surface area contributed by atoms with E-state index in [2.05, 4.69) is 11.4 Å². The van der Waals surface area contributed by atoms with Crippen LogP contribution in [0.5, 0.6) is 0 Å². The number of nitrogens with one attached hydrogen (secondary N) is 1. The lowest BCUT2D eigenvalue weighted by atomic mass is 9.80. The number of hydrogen-bond donors (Lipinski definition) is 1. The Kier molecular flexibility index (Phi) is 2.74. The fraction of sp³-hybridized carbons (Fsp3) is 0.308. The Balaban J connectivity index is 2.09. The molecule has 2 atom stereocenters. The van der Waals surface area contributed by atoms with Crippen LogP contribution in [0.2, 0.25) is 0 Å². The van der Waals surface area contributed by atoms with E-state index in [-0.39, 0.29) is 16.4 Å². The predicted octanol–water partition coefficient (Wildman–Crippen LogP) is 2.03. The lowest BCUT2D eigenvalue weighted by Gasteiger charge is -2.21. The van der Waals surface area contributed by atoms with Crippen LogP contribution in [0.1, 0.15) is 12.0 Å². The molecule has 3 rings (SSSR count). The van der Waals surface area contributed by atoms with Crippen molar-refractivity contribution in [2.45, 2.75) is 17.9 Å². The Labute approximate surface area is 123 Å². The summed E-state index contributed by atoms with van der Waals surface area (Å²) in [4.78, 5) is 25.4. The van der Waals surface area contributed by atoms with Crippen LogP contribution >= 0.6 is 22.6 Å². The first kappa shape index (κ1) is 12.4. The number of carbonyl (C=O) groups is 2. The molecule has 0 aliphatic carbocycles. The van der Waals surface area contributed by atoms with Crippen LogP contribution < -0.4 is 5.32 Å². The summed E-state index contributed by atoms with van der Waals surface area (Å²) >= 11 is 1.66. The minimum Gasteiger partial charge on any atom is -0.325 e. The molecule has 1 N–H and O–H groups in total. The summed E-state index contributed by atoms with van der Waals surface area (Å²) in [6.45, 7) is 0.274. The monoisotopic (exact) mass is 367 g/mol. The molecule has 5 nitrogen and oxygen atoms in total. The number of nitriles is 1. The minimum atomic E-state index is -0.766. The number of fused-ring (bicyclic) bond motifs is 2. The molecule has 0 radical (unpaired) electrons. The molecule has 0 unspecified atom stereocenters. The van der Waals surface area contributed by atoms with Crippen LogP contribution in [0.3, 0.4) is 0 Å². The van der Waals surface area contributed by atoms with Gasteiger partial charge in [-0.1, -0.05) is 18.2 Å². The fourth-order valence-electron chi connectivity index (χ4n) is 2.94. The van der Waals surface area contributed by atoms with Gasteiger partial charge in [0, 0.05) is 41.2 Å². The highest BCUT2D eigenvalue weighted by atomic mass is 127. The molecule has 0 aromatic heterocycles. The smallest absolute Gasteiger partial charge is 0.284 e. The quantitative estimate of drug-likeness (QED) is 0.433. The van der Waals surface area contributed by atoms with Crippen molar-refractivity contribution in [2.75, 3.05) is 11.9 Å². The number of nitrogens with zero attached hydrogens (tertiary/aromatic N) is 2. The van der Waals surface area contributed by atoms with E-state index in [1.807, 2.05) is 24.3 Å². The van der Waals surface area contributed by atoms with Crippen molar-refractivity contribution in [1.29, 1.82) is 5.26 Å². The van der Waals surface area contributed by atoms with E-state index in [0.29, 0.717) is 6.42 Å². The zero-order valence-electron chi connectivity index (χ0n) is 9.89. The second kappa shape index (κ2) is 4.20. The second-order valence-electron chi connectivity index (χ2n) is 4.81. The van der Waals surface area contributed by atoms with Crippen molar-refractivity contribution >= 4 is 38.1 Å². The molecule has 2 aliphatic rings. The van der Waals surface area contributed by atoms with Crippen molar-refractivity contribution in [3.8, 4) is 6.07 Å². The Morgan fingerprint density at radius 3 is 2.89 bits per heavy atom. The van der Waals surface area contributed by atoms with E-state index >= 15 is 0 Å². The Bertz CT molecular complexity index is 625. The molecule has 2 amide bonds. The maximum atomic E-state index is 12.3. The predicted molar refractivity (Wildman–Crippen MR) is 76.9 cm³/mol. The molecule has 19 heavy (non-hydrogen) atoms. The Hall–Kier alpha value is -1.62. The SMILES string of the molecule is N#C[C@@H]1C[C@@]2(CN1C(=O)I)C(=O)Nc1ccccc12. The average molecular weight is 367 g/mol. The van der Waals surface area contributed by atoms with Crippen LogP contribution in [0.15, 0.2) is 24.3 Å². The molecule has 2 heterocycles. The molecule has 1 saturated heterocycles. The number of amides is 2. The van der Waals surface area contributed by atoms with Gasteiger partial charge in [0.05, 0.1) is 11.5 Å². The molecule has 0 bridgehead atoms.